The van der Waals surface area contributed by atoms with Gasteiger partial charge in [-0.3, -0.25) is 9.59 Å². The number of esters is 1. The molecule has 0 aliphatic carbocycles. The van der Waals surface area contributed by atoms with E-state index in [4.69, 9.17) is 9.47 Å². The number of para-hydroxylation sites is 1. The van der Waals surface area contributed by atoms with Crippen LogP contribution >= 0.6 is 11.3 Å². The zero-order valence-corrected chi connectivity index (χ0v) is 16.6. The summed E-state index contributed by atoms with van der Waals surface area (Å²) in [5.74, 6) is -0.580. The van der Waals surface area contributed by atoms with Gasteiger partial charge in [0, 0.05) is 10.3 Å². The minimum atomic E-state index is -0.616. The molecule has 0 spiro atoms. The number of ether oxygens (including phenoxy) is 2. The van der Waals surface area contributed by atoms with Gasteiger partial charge in [0.2, 0.25) is 11.7 Å². The molecule has 0 bridgehead atoms. The summed E-state index contributed by atoms with van der Waals surface area (Å²) in [4.78, 5) is 37.6. The molecule has 0 atom stereocenters. The van der Waals surface area contributed by atoms with E-state index in [2.05, 4.69) is 5.32 Å². The monoisotopic (exact) mass is 389 g/mol. The van der Waals surface area contributed by atoms with E-state index < -0.39 is 11.4 Å². The maximum Gasteiger partial charge on any atom is 0.342 e. The number of hydrogen-bond donors (Lipinski definition) is 1. The summed E-state index contributed by atoms with van der Waals surface area (Å²) in [7, 11) is 1.46. The van der Waals surface area contributed by atoms with Crippen molar-refractivity contribution in [2.75, 3.05) is 13.7 Å². The molecule has 0 saturated heterocycles. The van der Waals surface area contributed by atoms with E-state index in [0.29, 0.717) is 17.2 Å². The predicted molar refractivity (Wildman–Crippen MR) is 103 cm³/mol. The highest BCUT2D eigenvalue weighted by atomic mass is 32.1. The van der Waals surface area contributed by atoms with Gasteiger partial charge in [0.05, 0.1) is 18.5 Å². The molecule has 1 aromatic heterocycles. The second-order valence-electron chi connectivity index (χ2n) is 6.90. The van der Waals surface area contributed by atoms with Crippen molar-refractivity contribution in [3.63, 3.8) is 0 Å². The van der Waals surface area contributed by atoms with Gasteiger partial charge in [-0.2, -0.15) is 0 Å². The molecule has 7 heteroatoms. The third-order valence-electron chi connectivity index (χ3n) is 3.70. The lowest BCUT2D eigenvalue weighted by molar-refractivity contribution is -0.128. The molecule has 6 nitrogen and oxygen atoms in total. The van der Waals surface area contributed by atoms with E-state index in [-0.39, 0.29) is 23.9 Å². The van der Waals surface area contributed by atoms with E-state index in [1.165, 1.54) is 18.4 Å². The SMILES string of the molecule is COc1ccccc1C(=O)OCC(=O)c1ccc(CNC(=O)C(C)(C)C)s1. The lowest BCUT2D eigenvalue weighted by Gasteiger charge is -2.17. The Morgan fingerprint density at radius 1 is 1.07 bits per heavy atom. The van der Waals surface area contributed by atoms with E-state index in [0.717, 1.165) is 4.88 Å². The first-order chi connectivity index (χ1) is 12.7. The fraction of sp³-hybridized carbons (Fsp3) is 0.350. The Kier molecular flexibility index (Phi) is 6.74. The number of ketones is 1. The molecule has 0 fully saturated rings. The van der Waals surface area contributed by atoms with Crippen LogP contribution in [0.2, 0.25) is 0 Å². The van der Waals surface area contributed by atoms with Gasteiger partial charge in [-0.25, -0.2) is 4.79 Å². The number of methoxy groups -OCH3 is 1. The second kappa shape index (κ2) is 8.81. The van der Waals surface area contributed by atoms with Crippen molar-refractivity contribution >= 4 is 29.0 Å². The van der Waals surface area contributed by atoms with E-state index in [1.54, 1.807) is 36.4 Å². The number of carbonyl (C=O) groups is 3. The van der Waals surface area contributed by atoms with Gasteiger partial charge in [0.25, 0.3) is 0 Å². The summed E-state index contributed by atoms with van der Waals surface area (Å²) in [5, 5.41) is 2.84. The summed E-state index contributed by atoms with van der Waals surface area (Å²) < 4.78 is 10.2. The summed E-state index contributed by atoms with van der Waals surface area (Å²) in [6.07, 6.45) is 0. The van der Waals surface area contributed by atoms with Crippen molar-refractivity contribution in [2.45, 2.75) is 27.3 Å². The van der Waals surface area contributed by atoms with Crippen LogP contribution in [0.1, 0.15) is 45.7 Å². The van der Waals surface area contributed by atoms with Crippen LogP contribution in [0.25, 0.3) is 0 Å². The molecule has 144 valence electrons. The Hall–Kier alpha value is -2.67. The van der Waals surface area contributed by atoms with E-state index in [1.807, 2.05) is 20.8 Å². The van der Waals surface area contributed by atoms with Gasteiger partial charge in [-0.15, -0.1) is 11.3 Å². The van der Waals surface area contributed by atoms with Crippen LogP contribution in [0, 0.1) is 5.41 Å². The van der Waals surface area contributed by atoms with Crippen LogP contribution in [0.3, 0.4) is 0 Å². The first-order valence-electron chi connectivity index (χ1n) is 8.42. The molecule has 1 aromatic carbocycles. The fourth-order valence-corrected chi connectivity index (χ4v) is 3.02. The van der Waals surface area contributed by atoms with Crippen LogP contribution in [-0.2, 0) is 16.1 Å². The predicted octanol–water partition coefficient (Wildman–Crippen LogP) is 3.46. The van der Waals surface area contributed by atoms with Gasteiger partial charge in [0.1, 0.15) is 11.3 Å². The van der Waals surface area contributed by atoms with Gasteiger partial charge in [0.15, 0.2) is 6.61 Å². The maximum absolute atomic E-state index is 12.3. The van der Waals surface area contributed by atoms with E-state index >= 15 is 0 Å². The maximum atomic E-state index is 12.3. The van der Waals surface area contributed by atoms with Gasteiger partial charge in [-0.05, 0) is 24.3 Å². The smallest absolute Gasteiger partial charge is 0.342 e. The van der Waals surface area contributed by atoms with Crippen molar-refractivity contribution in [1.82, 2.24) is 5.32 Å². The molecule has 0 unspecified atom stereocenters. The Bertz CT molecular complexity index is 835. The Labute approximate surface area is 162 Å². The number of carbonyl (C=O) groups excluding carboxylic acids is 3. The minimum absolute atomic E-state index is 0.0606. The largest absolute Gasteiger partial charge is 0.496 e. The Morgan fingerprint density at radius 2 is 1.78 bits per heavy atom. The van der Waals surface area contributed by atoms with Crippen LogP contribution in [0.5, 0.6) is 5.75 Å². The third-order valence-corrected chi connectivity index (χ3v) is 4.83. The molecule has 0 saturated carbocycles. The standard InChI is InChI=1S/C20H23NO5S/c1-20(2,3)19(24)21-11-13-9-10-17(27-13)15(22)12-26-18(23)14-7-5-6-8-16(14)25-4/h5-10H,11-12H2,1-4H3,(H,21,24). The normalized spacial score (nSPS) is 11.0. The van der Waals surface area contributed by atoms with Crippen molar-refractivity contribution in [3.05, 3.63) is 51.7 Å². The summed E-state index contributed by atoms with van der Waals surface area (Å²) in [6, 6.07) is 10.1. The summed E-state index contributed by atoms with van der Waals surface area (Å²) in [6.45, 7) is 5.51. The molecule has 0 aliphatic heterocycles. The number of Topliss-reactive ketones (excluding diaryl/α,β-unsaturated/α-hetero) is 1. The molecule has 1 amide bonds. The topological polar surface area (TPSA) is 81.7 Å². The summed E-state index contributed by atoms with van der Waals surface area (Å²) in [5.41, 5.74) is -0.202. The van der Waals surface area contributed by atoms with Crippen LogP contribution in [0.15, 0.2) is 36.4 Å². The van der Waals surface area contributed by atoms with E-state index in [9.17, 15) is 14.4 Å². The highest BCUT2D eigenvalue weighted by Gasteiger charge is 2.21. The number of hydrogen-bond acceptors (Lipinski definition) is 6. The molecule has 1 N–H and O–H groups in total. The number of amides is 1. The molecule has 2 aromatic rings. The van der Waals surface area contributed by atoms with Crippen molar-refractivity contribution in [1.29, 1.82) is 0 Å². The van der Waals surface area contributed by atoms with Gasteiger partial charge in [-0.1, -0.05) is 32.9 Å². The van der Waals surface area contributed by atoms with Crippen molar-refractivity contribution in [2.24, 2.45) is 5.41 Å². The molecular formula is C20H23NO5S. The number of benzene rings is 1. The zero-order chi connectivity index (χ0) is 20.0. The first kappa shape index (κ1) is 20.6. The molecular weight excluding hydrogens is 366 g/mol. The van der Waals surface area contributed by atoms with Gasteiger partial charge >= 0.3 is 5.97 Å². The average molecular weight is 389 g/mol. The number of rotatable bonds is 7. The molecule has 1 heterocycles. The van der Waals surface area contributed by atoms with Crippen LogP contribution < -0.4 is 10.1 Å². The van der Waals surface area contributed by atoms with Crippen molar-refractivity contribution < 1.29 is 23.9 Å². The quantitative estimate of drug-likeness (QED) is 0.579. The third kappa shape index (κ3) is 5.65. The molecule has 0 radical (unpaired) electrons. The summed E-state index contributed by atoms with van der Waals surface area (Å²) >= 11 is 1.27. The minimum Gasteiger partial charge on any atom is -0.496 e. The lowest BCUT2D eigenvalue weighted by Crippen LogP contribution is -2.34. The van der Waals surface area contributed by atoms with Crippen LogP contribution in [0.4, 0.5) is 0 Å². The average Bonchev–Trinajstić information content (AvgIpc) is 3.12. The lowest BCUT2D eigenvalue weighted by atomic mass is 9.96. The van der Waals surface area contributed by atoms with Crippen LogP contribution in [-0.4, -0.2) is 31.4 Å². The van der Waals surface area contributed by atoms with Gasteiger partial charge < -0.3 is 14.8 Å². The Morgan fingerprint density at radius 3 is 2.44 bits per heavy atom. The van der Waals surface area contributed by atoms with Crippen molar-refractivity contribution in [3.8, 4) is 5.75 Å². The number of thiophene rings is 1. The molecule has 0 aliphatic rings. The molecule has 2 rings (SSSR count). The highest BCUT2D eigenvalue weighted by molar-refractivity contribution is 7.14. The molecule has 27 heavy (non-hydrogen) atoms. The first-order valence-corrected chi connectivity index (χ1v) is 9.24. The highest BCUT2D eigenvalue weighted by Crippen LogP contribution is 2.20. The fourth-order valence-electron chi connectivity index (χ4n) is 2.15. The zero-order valence-electron chi connectivity index (χ0n) is 15.8. The Balaban J connectivity index is 1.90. The second-order valence-corrected chi connectivity index (χ2v) is 8.07. The number of nitrogens with one attached hydrogen (secondary N) is 1.